The fourth-order valence-electron chi connectivity index (χ4n) is 2.00. The maximum absolute atomic E-state index is 11.9. The molecule has 5 heteroatoms. The van der Waals surface area contributed by atoms with Crippen molar-refractivity contribution in [3.05, 3.63) is 23.8 Å². The molecule has 0 bridgehead atoms. The van der Waals surface area contributed by atoms with Crippen molar-refractivity contribution in [3.8, 4) is 5.75 Å². The number of nitrogen functional groups attached to an aromatic ring is 1. The highest BCUT2D eigenvalue weighted by atomic mass is 16.5. The lowest BCUT2D eigenvalue weighted by atomic mass is 10.00. The minimum Gasteiger partial charge on any atom is -0.493 e. The molecule has 1 aromatic carbocycles. The van der Waals surface area contributed by atoms with E-state index in [9.17, 15) is 4.79 Å². The van der Waals surface area contributed by atoms with Gasteiger partial charge in [0.15, 0.2) is 0 Å². The largest absolute Gasteiger partial charge is 0.493 e. The van der Waals surface area contributed by atoms with Crippen LogP contribution in [0.25, 0.3) is 0 Å². The second kappa shape index (κ2) is 11.5. The minimum atomic E-state index is -0.125. The number of aliphatic imine (C=N–C) groups is 1. The van der Waals surface area contributed by atoms with Crippen LogP contribution in [-0.2, 0) is 4.79 Å². The van der Waals surface area contributed by atoms with Crippen molar-refractivity contribution in [2.45, 2.75) is 60.9 Å². The number of amides is 1. The zero-order chi connectivity index (χ0) is 18.7. The number of ether oxygens (including phenoxy) is 1. The van der Waals surface area contributed by atoms with E-state index in [4.69, 9.17) is 10.5 Å². The summed E-state index contributed by atoms with van der Waals surface area (Å²) in [6.45, 7) is 14.5. The summed E-state index contributed by atoms with van der Waals surface area (Å²) in [6.07, 6.45) is 0.913. The molecule has 1 aromatic rings. The van der Waals surface area contributed by atoms with E-state index in [1.165, 1.54) is 0 Å². The predicted molar refractivity (Wildman–Crippen MR) is 103 cm³/mol. The molecule has 0 aromatic heterocycles. The molecule has 2 rings (SSSR count). The second-order valence-corrected chi connectivity index (χ2v) is 5.10. The average molecular weight is 335 g/mol. The van der Waals surface area contributed by atoms with E-state index in [2.05, 4.69) is 10.3 Å². The Bertz CT molecular complexity index is 541. The molecule has 1 heterocycles. The summed E-state index contributed by atoms with van der Waals surface area (Å²) in [7, 11) is 0. The lowest BCUT2D eigenvalue weighted by molar-refractivity contribution is -0.123. The van der Waals surface area contributed by atoms with Gasteiger partial charge in [0.2, 0.25) is 5.91 Å². The Morgan fingerprint density at radius 3 is 2.38 bits per heavy atom. The first-order valence-electron chi connectivity index (χ1n) is 8.94. The molecule has 0 fully saturated rings. The normalized spacial score (nSPS) is 19.0. The van der Waals surface area contributed by atoms with Crippen LogP contribution in [0.4, 0.5) is 5.69 Å². The fourth-order valence-corrected chi connectivity index (χ4v) is 2.00. The Balaban J connectivity index is 0.00000123. The highest BCUT2D eigenvalue weighted by Gasteiger charge is 2.28. The van der Waals surface area contributed by atoms with Gasteiger partial charge >= 0.3 is 0 Å². The van der Waals surface area contributed by atoms with Crippen LogP contribution < -0.4 is 15.8 Å². The van der Waals surface area contributed by atoms with Gasteiger partial charge in [-0.15, -0.1) is 0 Å². The molecular formula is C19H33N3O2. The maximum atomic E-state index is 11.9. The zero-order valence-electron chi connectivity index (χ0n) is 16.1. The quantitative estimate of drug-likeness (QED) is 0.816. The topological polar surface area (TPSA) is 76.7 Å². The Kier molecular flexibility index (Phi) is 10.5. The highest BCUT2D eigenvalue weighted by Crippen LogP contribution is 2.24. The number of nitrogens with zero attached hydrogens (tertiary/aromatic N) is 1. The molecule has 1 amide bonds. The van der Waals surface area contributed by atoms with Gasteiger partial charge in [-0.3, -0.25) is 9.79 Å². The number of amidine groups is 1. The van der Waals surface area contributed by atoms with Crippen LogP contribution in [0.3, 0.4) is 0 Å². The summed E-state index contributed by atoms with van der Waals surface area (Å²) < 4.78 is 5.70. The summed E-state index contributed by atoms with van der Waals surface area (Å²) in [5.74, 6) is 1.09. The number of rotatable bonds is 4. The van der Waals surface area contributed by atoms with E-state index >= 15 is 0 Å². The molecule has 0 saturated heterocycles. The lowest BCUT2D eigenvalue weighted by Gasteiger charge is -2.25. The monoisotopic (exact) mass is 335 g/mol. The van der Waals surface area contributed by atoms with Crippen LogP contribution in [0, 0.1) is 5.92 Å². The Morgan fingerprint density at radius 1 is 1.21 bits per heavy atom. The van der Waals surface area contributed by atoms with Gasteiger partial charge in [0.1, 0.15) is 11.6 Å². The smallest absolute Gasteiger partial charge is 0.230 e. The van der Waals surface area contributed by atoms with Gasteiger partial charge in [0.05, 0.1) is 24.1 Å². The third kappa shape index (κ3) is 5.87. The SMILES string of the molecule is CC.CC.CCCOc1ccc(N)cc1C1=NC(C)C(C)C(=O)N1. The van der Waals surface area contributed by atoms with Crippen molar-refractivity contribution in [1.29, 1.82) is 0 Å². The molecule has 0 radical (unpaired) electrons. The lowest BCUT2D eigenvalue weighted by Crippen LogP contribution is -2.44. The molecule has 1 aliphatic rings. The first-order valence-corrected chi connectivity index (χ1v) is 8.94. The number of benzene rings is 1. The fraction of sp³-hybridized carbons (Fsp3) is 0.579. The van der Waals surface area contributed by atoms with E-state index in [0.29, 0.717) is 23.9 Å². The highest BCUT2D eigenvalue weighted by molar-refractivity contribution is 6.11. The maximum Gasteiger partial charge on any atom is 0.230 e. The van der Waals surface area contributed by atoms with Gasteiger partial charge in [-0.05, 0) is 31.5 Å². The van der Waals surface area contributed by atoms with Crippen molar-refractivity contribution in [2.24, 2.45) is 10.9 Å². The van der Waals surface area contributed by atoms with Crippen LogP contribution in [0.1, 0.15) is 60.5 Å². The first kappa shape index (κ1) is 22.0. The van der Waals surface area contributed by atoms with Gasteiger partial charge in [-0.25, -0.2) is 0 Å². The van der Waals surface area contributed by atoms with Crippen molar-refractivity contribution in [1.82, 2.24) is 5.32 Å². The number of anilines is 1. The molecule has 1 aliphatic heterocycles. The molecule has 0 aliphatic carbocycles. The molecule has 24 heavy (non-hydrogen) atoms. The van der Waals surface area contributed by atoms with E-state index < -0.39 is 0 Å². The van der Waals surface area contributed by atoms with Gasteiger partial charge in [0.25, 0.3) is 0 Å². The van der Waals surface area contributed by atoms with E-state index in [1.807, 2.05) is 54.5 Å². The van der Waals surface area contributed by atoms with Crippen LogP contribution >= 0.6 is 0 Å². The Labute approximate surface area is 146 Å². The van der Waals surface area contributed by atoms with E-state index in [0.717, 1.165) is 12.0 Å². The minimum absolute atomic E-state index is 0.0219. The molecule has 0 spiro atoms. The summed E-state index contributed by atoms with van der Waals surface area (Å²) in [5, 5.41) is 2.83. The van der Waals surface area contributed by atoms with E-state index in [1.54, 1.807) is 12.1 Å². The van der Waals surface area contributed by atoms with Crippen LogP contribution in [-0.4, -0.2) is 24.4 Å². The van der Waals surface area contributed by atoms with E-state index in [-0.39, 0.29) is 17.9 Å². The summed E-state index contributed by atoms with van der Waals surface area (Å²) in [4.78, 5) is 16.5. The zero-order valence-corrected chi connectivity index (χ0v) is 16.1. The Hall–Kier alpha value is -2.04. The summed E-state index contributed by atoms with van der Waals surface area (Å²) in [5.41, 5.74) is 7.20. The second-order valence-electron chi connectivity index (χ2n) is 5.10. The molecule has 5 nitrogen and oxygen atoms in total. The average Bonchev–Trinajstić information content (AvgIpc) is 2.61. The molecule has 0 saturated carbocycles. The van der Waals surface area contributed by atoms with Gasteiger partial charge in [-0.1, -0.05) is 41.5 Å². The molecule has 3 N–H and O–H groups in total. The van der Waals surface area contributed by atoms with Crippen molar-refractivity contribution < 1.29 is 9.53 Å². The third-order valence-electron chi connectivity index (χ3n) is 3.43. The van der Waals surface area contributed by atoms with Crippen LogP contribution in [0.2, 0.25) is 0 Å². The van der Waals surface area contributed by atoms with Crippen LogP contribution in [0.15, 0.2) is 23.2 Å². The summed E-state index contributed by atoms with van der Waals surface area (Å²) in [6, 6.07) is 5.33. The third-order valence-corrected chi connectivity index (χ3v) is 3.43. The molecule has 2 unspecified atom stereocenters. The van der Waals surface area contributed by atoms with Gasteiger partial charge < -0.3 is 15.8 Å². The summed E-state index contributed by atoms with van der Waals surface area (Å²) >= 11 is 0. The first-order chi connectivity index (χ1) is 11.5. The number of nitrogens with one attached hydrogen (secondary N) is 1. The number of nitrogens with two attached hydrogens (primary N) is 1. The van der Waals surface area contributed by atoms with Crippen LogP contribution in [0.5, 0.6) is 5.75 Å². The van der Waals surface area contributed by atoms with Gasteiger partial charge in [0, 0.05) is 5.69 Å². The Morgan fingerprint density at radius 2 is 1.83 bits per heavy atom. The molecule has 2 atom stereocenters. The van der Waals surface area contributed by atoms with Gasteiger partial charge in [-0.2, -0.15) is 0 Å². The standard InChI is InChI=1S/C15H21N3O2.2C2H6/c1-4-7-20-13-6-5-11(16)8-12(13)14-17-10(3)9(2)15(19)18-14;2*1-2/h5-6,8-10H,4,7,16H2,1-3H3,(H,17,18,19);2*1-2H3. The van der Waals surface area contributed by atoms with Crippen molar-refractivity contribution >= 4 is 17.4 Å². The van der Waals surface area contributed by atoms with Crippen molar-refractivity contribution in [3.63, 3.8) is 0 Å². The number of hydrogen-bond donors (Lipinski definition) is 2. The van der Waals surface area contributed by atoms with Crippen molar-refractivity contribution in [2.75, 3.05) is 12.3 Å². The number of carbonyl (C=O) groups excluding carboxylic acids is 1. The number of hydrogen-bond acceptors (Lipinski definition) is 4. The predicted octanol–water partition coefficient (Wildman–Crippen LogP) is 4.01. The number of carbonyl (C=O) groups is 1. The molecular weight excluding hydrogens is 302 g/mol. The molecule has 136 valence electrons.